The summed E-state index contributed by atoms with van der Waals surface area (Å²) in [6, 6.07) is 13.4. The Balaban J connectivity index is 1.53. The molecule has 2 aromatic rings. The van der Waals surface area contributed by atoms with E-state index in [9.17, 15) is 19.7 Å². The van der Waals surface area contributed by atoms with Crippen LogP contribution in [0.1, 0.15) is 12.0 Å². The summed E-state index contributed by atoms with van der Waals surface area (Å²) in [7, 11) is 0. The highest BCUT2D eigenvalue weighted by Gasteiger charge is 2.24. The topological polar surface area (TPSA) is 89.8 Å². The van der Waals surface area contributed by atoms with Crippen LogP contribution in [0.25, 0.3) is 0 Å². The van der Waals surface area contributed by atoms with Gasteiger partial charge in [-0.1, -0.05) is 12.1 Å². The maximum absolute atomic E-state index is 12.1. The Bertz CT molecular complexity index is 838. The molecule has 26 heavy (non-hydrogen) atoms. The van der Waals surface area contributed by atoms with Crippen LogP contribution in [0, 0.1) is 10.1 Å². The highest BCUT2D eigenvalue weighted by Crippen LogP contribution is 2.34. The molecule has 134 valence electrons. The molecule has 2 aromatic carbocycles. The van der Waals surface area contributed by atoms with Crippen LogP contribution in [0.4, 0.5) is 11.4 Å². The number of anilines is 1. The first kappa shape index (κ1) is 17.9. The van der Waals surface area contributed by atoms with Gasteiger partial charge in [0.15, 0.2) is 0 Å². The van der Waals surface area contributed by atoms with E-state index >= 15 is 0 Å². The van der Waals surface area contributed by atoms with Crippen molar-refractivity contribution >= 4 is 35.0 Å². The Hall–Kier alpha value is -2.87. The van der Waals surface area contributed by atoms with E-state index in [4.69, 9.17) is 4.74 Å². The quantitative estimate of drug-likeness (QED) is 0.439. The molecule has 0 N–H and O–H groups in total. The van der Waals surface area contributed by atoms with Crippen LogP contribution < -0.4 is 4.90 Å². The van der Waals surface area contributed by atoms with E-state index in [-0.39, 0.29) is 31.2 Å². The molecular formula is C18H16N2O5S. The third-order valence-corrected chi connectivity index (χ3v) is 4.94. The lowest BCUT2D eigenvalue weighted by molar-refractivity contribution is -0.384. The molecule has 8 heteroatoms. The first-order valence-corrected chi connectivity index (χ1v) is 8.94. The number of hydrogen-bond acceptors (Lipinski definition) is 6. The van der Waals surface area contributed by atoms with Gasteiger partial charge in [-0.05, 0) is 29.8 Å². The molecule has 7 nitrogen and oxygen atoms in total. The van der Waals surface area contributed by atoms with Gasteiger partial charge in [0.25, 0.3) is 5.69 Å². The largest absolute Gasteiger partial charge is 0.461 e. The molecule has 0 spiro atoms. The summed E-state index contributed by atoms with van der Waals surface area (Å²) in [6.07, 6.45) is 0.0811. The molecule has 1 amide bonds. The maximum atomic E-state index is 12.1. The van der Waals surface area contributed by atoms with Crippen molar-refractivity contribution in [1.82, 2.24) is 0 Å². The average Bonchev–Trinajstić information content (AvgIpc) is 2.66. The van der Waals surface area contributed by atoms with Crippen molar-refractivity contribution in [3.05, 3.63) is 64.2 Å². The molecule has 1 heterocycles. The second-order valence-corrected chi connectivity index (χ2v) is 6.65. The van der Waals surface area contributed by atoms with Crippen LogP contribution in [0.3, 0.4) is 0 Å². The number of benzene rings is 2. The van der Waals surface area contributed by atoms with Gasteiger partial charge >= 0.3 is 5.97 Å². The summed E-state index contributed by atoms with van der Waals surface area (Å²) < 4.78 is 5.19. The summed E-state index contributed by atoms with van der Waals surface area (Å²) in [5.74, 6) is -0.0989. The first-order chi connectivity index (χ1) is 12.5. The summed E-state index contributed by atoms with van der Waals surface area (Å²) in [5, 5.41) is 10.6. The van der Waals surface area contributed by atoms with Crippen LogP contribution in [0.2, 0.25) is 0 Å². The Morgan fingerprint density at radius 3 is 2.65 bits per heavy atom. The molecule has 0 aromatic heterocycles. The molecule has 0 aliphatic carbocycles. The zero-order chi connectivity index (χ0) is 18.5. The van der Waals surface area contributed by atoms with Crippen molar-refractivity contribution in [2.45, 2.75) is 17.9 Å². The van der Waals surface area contributed by atoms with Gasteiger partial charge in [-0.3, -0.25) is 19.7 Å². The normalized spacial score (nSPS) is 13.2. The van der Waals surface area contributed by atoms with Gasteiger partial charge < -0.3 is 9.64 Å². The number of esters is 1. The standard InChI is InChI=1S/C18H16N2O5S/c21-17-12-26-16-4-2-1-3-15(16)19(17)10-9-18(22)25-11-13-5-7-14(8-6-13)20(23)24/h1-8H,9-12H2. The molecule has 1 aliphatic heterocycles. The number of thioether (sulfide) groups is 1. The van der Waals surface area contributed by atoms with Crippen molar-refractivity contribution in [1.29, 1.82) is 0 Å². The number of hydrogen-bond donors (Lipinski definition) is 0. The lowest BCUT2D eigenvalue weighted by Gasteiger charge is -2.28. The number of carbonyl (C=O) groups is 2. The number of carbonyl (C=O) groups excluding carboxylic acids is 2. The van der Waals surface area contributed by atoms with E-state index in [1.807, 2.05) is 24.3 Å². The lowest BCUT2D eigenvalue weighted by atomic mass is 10.2. The summed E-state index contributed by atoms with van der Waals surface area (Å²) in [4.78, 5) is 36.9. The molecule has 0 saturated heterocycles. The molecule has 0 saturated carbocycles. The van der Waals surface area contributed by atoms with E-state index in [1.165, 1.54) is 23.9 Å². The predicted molar refractivity (Wildman–Crippen MR) is 97.0 cm³/mol. The van der Waals surface area contributed by atoms with Crippen LogP contribution in [0.15, 0.2) is 53.4 Å². The van der Waals surface area contributed by atoms with Crippen LogP contribution in [-0.4, -0.2) is 29.1 Å². The molecule has 0 unspecified atom stereocenters. The van der Waals surface area contributed by atoms with E-state index in [2.05, 4.69) is 0 Å². The molecular weight excluding hydrogens is 356 g/mol. The second kappa shape index (κ2) is 8.01. The predicted octanol–water partition coefficient (Wildman–Crippen LogP) is 3.17. The Labute approximate surface area is 154 Å². The zero-order valence-corrected chi connectivity index (χ0v) is 14.6. The number of nitro benzene ring substituents is 1. The maximum Gasteiger partial charge on any atom is 0.307 e. The average molecular weight is 372 g/mol. The van der Waals surface area contributed by atoms with E-state index in [0.29, 0.717) is 11.3 Å². The Morgan fingerprint density at radius 1 is 1.19 bits per heavy atom. The molecule has 0 bridgehead atoms. The molecule has 0 radical (unpaired) electrons. The van der Waals surface area contributed by atoms with Gasteiger partial charge in [-0.2, -0.15) is 0 Å². The highest BCUT2D eigenvalue weighted by atomic mass is 32.2. The minimum atomic E-state index is -0.485. The number of rotatable bonds is 6. The van der Waals surface area contributed by atoms with E-state index < -0.39 is 10.9 Å². The van der Waals surface area contributed by atoms with Gasteiger partial charge in [0, 0.05) is 23.6 Å². The Morgan fingerprint density at radius 2 is 1.92 bits per heavy atom. The number of amides is 1. The van der Waals surface area contributed by atoms with Crippen molar-refractivity contribution < 1.29 is 19.2 Å². The lowest BCUT2D eigenvalue weighted by Crippen LogP contribution is -2.37. The zero-order valence-electron chi connectivity index (χ0n) is 13.8. The molecule has 0 atom stereocenters. The van der Waals surface area contributed by atoms with Crippen LogP contribution >= 0.6 is 11.8 Å². The van der Waals surface area contributed by atoms with Gasteiger partial charge in [0.2, 0.25) is 5.91 Å². The summed E-state index contributed by atoms with van der Waals surface area (Å²) in [6.45, 7) is 0.298. The number of para-hydroxylation sites is 1. The molecule has 3 rings (SSSR count). The minimum absolute atomic E-state index is 0.0137. The third kappa shape index (κ3) is 4.20. The van der Waals surface area contributed by atoms with Crippen molar-refractivity contribution in [2.75, 3.05) is 17.2 Å². The SMILES string of the molecule is O=C(CCN1C(=O)CSc2ccccc21)OCc1ccc([N+](=O)[O-])cc1. The number of fused-ring (bicyclic) bond motifs is 1. The highest BCUT2D eigenvalue weighted by molar-refractivity contribution is 8.00. The van der Waals surface area contributed by atoms with Crippen molar-refractivity contribution in [3.63, 3.8) is 0 Å². The Kier molecular flexibility index (Phi) is 5.52. The van der Waals surface area contributed by atoms with Crippen molar-refractivity contribution in [2.24, 2.45) is 0 Å². The third-order valence-electron chi connectivity index (χ3n) is 3.89. The van der Waals surface area contributed by atoms with Gasteiger partial charge in [0.1, 0.15) is 6.61 Å². The van der Waals surface area contributed by atoms with Gasteiger partial charge in [-0.15, -0.1) is 11.8 Å². The molecule has 1 aliphatic rings. The van der Waals surface area contributed by atoms with Crippen LogP contribution in [-0.2, 0) is 20.9 Å². The monoisotopic (exact) mass is 372 g/mol. The van der Waals surface area contributed by atoms with E-state index in [1.54, 1.807) is 17.0 Å². The van der Waals surface area contributed by atoms with Crippen molar-refractivity contribution in [3.8, 4) is 0 Å². The van der Waals surface area contributed by atoms with E-state index in [0.717, 1.165) is 10.6 Å². The summed E-state index contributed by atoms with van der Waals surface area (Å²) >= 11 is 1.49. The number of nitrogens with zero attached hydrogens (tertiary/aromatic N) is 2. The smallest absolute Gasteiger partial charge is 0.307 e. The number of non-ortho nitro benzene ring substituents is 1. The van der Waals surface area contributed by atoms with Gasteiger partial charge in [0.05, 0.1) is 22.8 Å². The van der Waals surface area contributed by atoms with Gasteiger partial charge in [-0.25, -0.2) is 0 Å². The minimum Gasteiger partial charge on any atom is -0.461 e. The second-order valence-electron chi connectivity index (χ2n) is 5.64. The fraction of sp³-hybridized carbons (Fsp3) is 0.222. The fourth-order valence-corrected chi connectivity index (χ4v) is 3.49. The summed E-state index contributed by atoms with van der Waals surface area (Å²) in [5.41, 5.74) is 1.47. The van der Waals surface area contributed by atoms with Crippen LogP contribution in [0.5, 0.6) is 0 Å². The number of ether oxygens (including phenoxy) is 1. The fourth-order valence-electron chi connectivity index (χ4n) is 2.55. The first-order valence-electron chi connectivity index (χ1n) is 7.96. The number of nitro groups is 1. The molecule has 0 fully saturated rings.